The maximum atomic E-state index is 9.34. The van der Waals surface area contributed by atoms with Gasteiger partial charge >= 0.3 is 0 Å². The summed E-state index contributed by atoms with van der Waals surface area (Å²) in [6, 6.07) is 12.2. The van der Waals surface area contributed by atoms with Crippen LogP contribution >= 0.6 is 34.9 Å². The zero-order valence-electron chi connectivity index (χ0n) is 14.5. The number of nitriles is 1. The minimum atomic E-state index is 0.240. The predicted molar refractivity (Wildman–Crippen MR) is 106 cm³/mol. The molecule has 0 amide bonds. The average Bonchev–Trinajstić information content (AvgIpc) is 3.26. The number of halogens is 1. The van der Waals surface area contributed by atoms with Gasteiger partial charge in [-0.15, -0.1) is 10.2 Å². The van der Waals surface area contributed by atoms with E-state index in [-0.39, 0.29) is 5.15 Å². The fourth-order valence-corrected chi connectivity index (χ4v) is 5.24. The Morgan fingerprint density at radius 1 is 1.15 bits per heavy atom. The van der Waals surface area contributed by atoms with Crippen LogP contribution in [0.2, 0.25) is 5.15 Å². The SMILES string of the molecule is N#Cc1c(Cl)nsc1Sc1nnc(CN2CCCCC2)n1-c1ccccc1. The molecule has 6 nitrogen and oxygen atoms in total. The van der Waals surface area contributed by atoms with E-state index in [4.69, 9.17) is 11.6 Å². The second-order valence-electron chi connectivity index (χ2n) is 6.26. The van der Waals surface area contributed by atoms with E-state index in [9.17, 15) is 5.26 Å². The Bertz CT molecular complexity index is 956. The summed E-state index contributed by atoms with van der Waals surface area (Å²) in [5.41, 5.74) is 1.40. The van der Waals surface area contributed by atoms with Crippen LogP contribution in [0.3, 0.4) is 0 Å². The van der Waals surface area contributed by atoms with Crippen molar-refractivity contribution in [1.82, 2.24) is 24.0 Å². The molecule has 2 aromatic heterocycles. The van der Waals surface area contributed by atoms with E-state index in [1.54, 1.807) is 0 Å². The number of benzene rings is 1. The number of likely N-dealkylation sites (tertiary alicyclic amines) is 1. The number of hydrogen-bond donors (Lipinski definition) is 0. The van der Waals surface area contributed by atoms with Gasteiger partial charge in [0.1, 0.15) is 15.8 Å². The van der Waals surface area contributed by atoms with Gasteiger partial charge in [-0.1, -0.05) is 36.2 Å². The number of hydrogen-bond acceptors (Lipinski definition) is 7. The van der Waals surface area contributed by atoms with Gasteiger partial charge in [-0.3, -0.25) is 9.47 Å². The standard InChI is InChI=1S/C18H17ClN6S2/c19-16-14(11-20)17(27-23-16)26-18-22-21-15(12-24-9-5-2-6-10-24)25(18)13-7-3-1-4-8-13/h1,3-4,7-8H,2,5-6,9-10,12H2. The van der Waals surface area contributed by atoms with Crippen molar-refractivity contribution in [3.05, 3.63) is 46.9 Å². The Kier molecular flexibility index (Phi) is 5.74. The topological polar surface area (TPSA) is 70.6 Å². The molecule has 9 heteroatoms. The lowest BCUT2D eigenvalue weighted by Gasteiger charge is -2.26. The summed E-state index contributed by atoms with van der Waals surface area (Å²) in [5, 5.41) is 19.2. The van der Waals surface area contributed by atoms with Crippen LogP contribution in [0, 0.1) is 11.3 Å². The van der Waals surface area contributed by atoms with E-state index in [2.05, 4.69) is 30.1 Å². The molecule has 0 bridgehead atoms. The third-order valence-corrected chi connectivity index (χ3v) is 6.77. The smallest absolute Gasteiger partial charge is 0.201 e. The highest BCUT2D eigenvalue weighted by Crippen LogP contribution is 2.37. The van der Waals surface area contributed by atoms with Gasteiger partial charge in [0.15, 0.2) is 11.0 Å². The molecule has 1 aliphatic heterocycles. The average molecular weight is 417 g/mol. The van der Waals surface area contributed by atoms with Gasteiger partial charge in [-0.2, -0.15) is 9.64 Å². The van der Waals surface area contributed by atoms with E-state index < -0.39 is 0 Å². The van der Waals surface area contributed by atoms with Crippen LogP contribution in [0.4, 0.5) is 0 Å². The second kappa shape index (κ2) is 8.40. The normalized spacial score (nSPS) is 15.0. The molecule has 0 spiro atoms. The lowest BCUT2D eigenvalue weighted by atomic mass is 10.1. The summed E-state index contributed by atoms with van der Waals surface area (Å²) in [7, 11) is 0. The molecule has 1 fully saturated rings. The lowest BCUT2D eigenvalue weighted by molar-refractivity contribution is 0.214. The minimum absolute atomic E-state index is 0.240. The second-order valence-corrected chi connectivity index (χ2v) is 8.62. The Balaban J connectivity index is 1.69. The maximum absolute atomic E-state index is 9.34. The third kappa shape index (κ3) is 4.01. The summed E-state index contributed by atoms with van der Waals surface area (Å²) in [5.74, 6) is 0.903. The molecule has 27 heavy (non-hydrogen) atoms. The predicted octanol–water partition coefficient (Wildman–Crippen LogP) is 4.39. The summed E-state index contributed by atoms with van der Waals surface area (Å²) >= 11 is 8.61. The summed E-state index contributed by atoms with van der Waals surface area (Å²) in [6.45, 7) is 2.94. The Labute approximate surface area is 171 Å². The number of aromatic nitrogens is 4. The van der Waals surface area contributed by atoms with Crippen molar-refractivity contribution < 1.29 is 0 Å². The molecule has 1 aliphatic rings. The van der Waals surface area contributed by atoms with Crippen LogP contribution in [0.5, 0.6) is 0 Å². The van der Waals surface area contributed by atoms with Crippen LogP contribution in [-0.4, -0.2) is 37.1 Å². The van der Waals surface area contributed by atoms with E-state index >= 15 is 0 Å². The molecule has 0 saturated carbocycles. The molecular weight excluding hydrogens is 400 g/mol. The first-order valence-electron chi connectivity index (χ1n) is 8.71. The summed E-state index contributed by atoms with van der Waals surface area (Å²) in [6.07, 6.45) is 3.75. The molecule has 3 aromatic rings. The molecule has 0 aliphatic carbocycles. The monoisotopic (exact) mass is 416 g/mol. The Hall–Kier alpha value is -1.92. The maximum Gasteiger partial charge on any atom is 0.201 e. The summed E-state index contributed by atoms with van der Waals surface area (Å²) < 4.78 is 6.88. The van der Waals surface area contributed by atoms with Gasteiger partial charge in [-0.25, -0.2) is 0 Å². The zero-order valence-corrected chi connectivity index (χ0v) is 16.9. The molecule has 4 rings (SSSR count). The molecule has 0 radical (unpaired) electrons. The molecule has 1 saturated heterocycles. The van der Waals surface area contributed by atoms with Crippen LogP contribution in [0.25, 0.3) is 5.69 Å². The molecule has 0 N–H and O–H groups in total. The van der Waals surface area contributed by atoms with Crippen molar-refractivity contribution in [2.45, 2.75) is 35.2 Å². The van der Waals surface area contributed by atoms with Gasteiger partial charge in [-0.05, 0) is 61.4 Å². The molecule has 0 unspecified atom stereocenters. The highest BCUT2D eigenvalue weighted by Gasteiger charge is 2.21. The molecule has 1 aromatic carbocycles. The first-order chi connectivity index (χ1) is 13.3. The van der Waals surface area contributed by atoms with Crippen LogP contribution < -0.4 is 0 Å². The van der Waals surface area contributed by atoms with Crippen LogP contribution in [0.15, 0.2) is 39.7 Å². The van der Waals surface area contributed by atoms with Gasteiger partial charge in [0.2, 0.25) is 5.16 Å². The molecule has 3 heterocycles. The highest BCUT2D eigenvalue weighted by atomic mass is 35.5. The van der Waals surface area contributed by atoms with Crippen molar-refractivity contribution in [3.63, 3.8) is 0 Å². The quantitative estimate of drug-likeness (QED) is 0.614. The van der Waals surface area contributed by atoms with Gasteiger partial charge < -0.3 is 0 Å². The van der Waals surface area contributed by atoms with Crippen molar-refractivity contribution >= 4 is 34.9 Å². The van der Waals surface area contributed by atoms with Crippen molar-refractivity contribution in [2.75, 3.05) is 13.1 Å². The summed E-state index contributed by atoms with van der Waals surface area (Å²) in [4.78, 5) is 2.42. The van der Waals surface area contributed by atoms with E-state index in [1.165, 1.54) is 42.6 Å². The highest BCUT2D eigenvalue weighted by molar-refractivity contribution is 8.01. The molecular formula is C18H17ClN6S2. The van der Waals surface area contributed by atoms with Gasteiger partial charge in [0, 0.05) is 5.69 Å². The number of para-hydroxylation sites is 1. The third-order valence-electron chi connectivity index (χ3n) is 4.44. The Morgan fingerprint density at radius 3 is 2.67 bits per heavy atom. The largest absolute Gasteiger partial charge is 0.296 e. The minimum Gasteiger partial charge on any atom is -0.296 e. The number of piperidine rings is 1. The molecule has 0 atom stereocenters. The fourth-order valence-electron chi connectivity index (χ4n) is 3.12. The zero-order chi connectivity index (χ0) is 18.6. The Morgan fingerprint density at radius 2 is 1.93 bits per heavy atom. The first kappa shape index (κ1) is 18.4. The van der Waals surface area contributed by atoms with Gasteiger partial charge in [0.05, 0.1) is 6.54 Å². The fraction of sp³-hybridized carbons (Fsp3) is 0.333. The van der Waals surface area contributed by atoms with Crippen LogP contribution in [-0.2, 0) is 6.54 Å². The van der Waals surface area contributed by atoms with E-state index in [1.807, 2.05) is 30.3 Å². The van der Waals surface area contributed by atoms with Crippen molar-refractivity contribution in [1.29, 1.82) is 5.26 Å². The molecule has 138 valence electrons. The number of nitrogens with zero attached hydrogens (tertiary/aromatic N) is 6. The number of rotatable bonds is 5. The first-order valence-corrected chi connectivity index (χ1v) is 10.7. The van der Waals surface area contributed by atoms with Crippen molar-refractivity contribution in [2.24, 2.45) is 0 Å². The lowest BCUT2D eigenvalue weighted by Crippen LogP contribution is -2.30. The van der Waals surface area contributed by atoms with E-state index in [0.29, 0.717) is 10.7 Å². The van der Waals surface area contributed by atoms with Crippen molar-refractivity contribution in [3.8, 4) is 11.8 Å². The van der Waals surface area contributed by atoms with E-state index in [0.717, 1.165) is 35.4 Å². The van der Waals surface area contributed by atoms with Gasteiger partial charge in [0.25, 0.3) is 0 Å². The van der Waals surface area contributed by atoms with Crippen LogP contribution in [0.1, 0.15) is 30.7 Å².